The van der Waals surface area contributed by atoms with Crippen molar-refractivity contribution in [2.75, 3.05) is 0 Å². The monoisotopic (exact) mass is 368 g/mol. The molecule has 118 valence electrons. The Balaban J connectivity index is 1.66. The van der Waals surface area contributed by atoms with E-state index in [2.05, 4.69) is 15.3 Å². The number of rotatable bonds is 5. The number of H-pyrrole nitrogens is 1. The van der Waals surface area contributed by atoms with Crippen molar-refractivity contribution in [2.45, 2.75) is 6.61 Å². The first kappa shape index (κ1) is 15.8. The standard InChI is InChI=1S/C14H10Cl2N4O2S/c15-11-2-1-3-12(13(11)16)21-7-10-5-4-9(22-10)6-18-20-8-17-19-14(20)23/h1-6,8H,7H2,(H,19,23)/b18-6-. The predicted molar refractivity (Wildman–Crippen MR) is 89.9 cm³/mol. The SMILES string of the molecule is S=c1[nH]ncn1/N=C\c1ccc(COc2cccc(Cl)c2Cl)o1. The molecule has 9 heteroatoms. The van der Waals surface area contributed by atoms with Crippen molar-refractivity contribution in [3.63, 3.8) is 0 Å². The summed E-state index contributed by atoms with van der Waals surface area (Å²) in [5.41, 5.74) is 0. The number of nitrogens with zero attached hydrogens (tertiary/aromatic N) is 3. The number of nitrogens with one attached hydrogen (secondary N) is 1. The molecule has 1 N–H and O–H groups in total. The molecule has 0 fully saturated rings. The summed E-state index contributed by atoms with van der Waals surface area (Å²) in [5.74, 6) is 1.68. The van der Waals surface area contributed by atoms with E-state index in [1.54, 1.807) is 30.3 Å². The van der Waals surface area contributed by atoms with E-state index < -0.39 is 0 Å². The number of hydrogen-bond donors (Lipinski definition) is 1. The third kappa shape index (κ3) is 3.82. The summed E-state index contributed by atoms with van der Waals surface area (Å²) in [6.45, 7) is 0.221. The van der Waals surface area contributed by atoms with Crippen molar-refractivity contribution in [1.82, 2.24) is 14.9 Å². The molecule has 0 amide bonds. The minimum atomic E-state index is 0.221. The molecular formula is C14H10Cl2N4O2S. The highest BCUT2D eigenvalue weighted by molar-refractivity contribution is 7.71. The number of ether oxygens (including phenoxy) is 1. The molecule has 0 aliphatic heterocycles. The first-order valence-corrected chi connectivity index (χ1v) is 7.62. The highest BCUT2D eigenvalue weighted by Crippen LogP contribution is 2.31. The van der Waals surface area contributed by atoms with Gasteiger partial charge in [0.05, 0.1) is 11.2 Å². The van der Waals surface area contributed by atoms with Gasteiger partial charge in [-0.2, -0.15) is 14.9 Å². The fourth-order valence-corrected chi connectivity index (χ4v) is 2.22. The van der Waals surface area contributed by atoms with Gasteiger partial charge in [-0.1, -0.05) is 29.3 Å². The minimum absolute atomic E-state index is 0.221. The van der Waals surface area contributed by atoms with Crippen LogP contribution in [0, 0.1) is 4.77 Å². The lowest BCUT2D eigenvalue weighted by Gasteiger charge is -2.06. The van der Waals surface area contributed by atoms with E-state index in [9.17, 15) is 0 Å². The number of halogens is 2. The summed E-state index contributed by atoms with van der Waals surface area (Å²) < 4.78 is 13.0. The first-order valence-electron chi connectivity index (χ1n) is 6.45. The lowest BCUT2D eigenvalue weighted by molar-refractivity contribution is 0.270. The van der Waals surface area contributed by atoms with Crippen molar-refractivity contribution in [1.29, 1.82) is 0 Å². The average molecular weight is 369 g/mol. The molecule has 0 bridgehead atoms. The molecular weight excluding hydrogens is 359 g/mol. The van der Waals surface area contributed by atoms with E-state index in [-0.39, 0.29) is 6.61 Å². The second kappa shape index (κ2) is 6.99. The molecule has 0 atom stereocenters. The highest BCUT2D eigenvalue weighted by atomic mass is 35.5. The highest BCUT2D eigenvalue weighted by Gasteiger charge is 2.07. The van der Waals surface area contributed by atoms with E-state index in [4.69, 9.17) is 44.6 Å². The molecule has 0 saturated heterocycles. The first-order chi connectivity index (χ1) is 11.1. The van der Waals surface area contributed by atoms with E-state index in [1.807, 2.05) is 0 Å². The Hall–Kier alpha value is -2.09. The Morgan fingerprint density at radius 1 is 1.35 bits per heavy atom. The van der Waals surface area contributed by atoms with Crippen LogP contribution in [0.25, 0.3) is 0 Å². The van der Waals surface area contributed by atoms with Crippen LogP contribution in [0.2, 0.25) is 10.0 Å². The average Bonchev–Trinajstić information content (AvgIpc) is 3.15. The zero-order valence-electron chi connectivity index (χ0n) is 11.6. The second-order valence-electron chi connectivity index (χ2n) is 4.40. The lowest BCUT2D eigenvalue weighted by atomic mass is 10.3. The quantitative estimate of drug-likeness (QED) is 0.538. The van der Waals surface area contributed by atoms with Gasteiger partial charge in [0.2, 0.25) is 4.77 Å². The molecule has 2 heterocycles. The molecule has 6 nitrogen and oxygen atoms in total. The van der Waals surface area contributed by atoms with Crippen LogP contribution in [0.4, 0.5) is 0 Å². The molecule has 23 heavy (non-hydrogen) atoms. The second-order valence-corrected chi connectivity index (χ2v) is 5.57. The number of aromatic amines is 1. The molecule has 0 spiro atoms. The van der Waals surface area contributed by atoms with Gasteiger partial charge in [0.1, 0.15) is 35.2 Å². The largest absolute Gasteiger partial charge is 0.484 e. The molecule has 0 saturated carbocycles. The molecule has 1 aromatic carbocycles. The van der Waals surface area contributed by atoms with Gasteiger partial charge in [-0.25, -0.2) is 0 Å². The smallest absolute Gasteiger partial charge is 0.216 e. The van der Waals surface area contributed by atoms with Gasteiger partial charge in [0, 0.05) is 0 Å². The molecule has 2 aromatic heterocycles. The van der Waals surface area contributed by atoms with Crippen molar-refractivity contribution in [3.05, 3.63) is 63.0 Å². The molecule has 3 aromatic rings. The number of benzene rings is 1. The number of hydrogen-bond acceptors (Lipinski definition) is 5. The van der Waals surface area contributed by atoms with Crippen LogP contribution >= 0.6 is 35.4 Å². The van der Waals surface area contributed by atoms with E-state index in [0.717, 1.165) is 0 Å². The molecule has 0 unspecified atom stereocenters. The maximum Gasteiger partial charge on any atom is 0.216 e. The molecule has 0 aliphatic rings. The Morgan fingerprint density at radius 2 is 2.22 bits per heavy atom. The third-order valence-electron chi connectivity index (χ3n) is 2.81. The van der Waals surface area contributed by atoms with Gasteiger partial charge in [-0.05, 0) is 36.5 Å². The maximum absolute atomic E-state index is 6.06. The van der Waals surface area contributed by atoms with Crippen molar-refractivity contribution in [3.8, 4) is 5.75 Å². The normalized spacial score (nSPS) is 11.2. The fraction of sp³-hybridized carbons (Fsp3) is 0.0714. The number of aromatic nitrogens is 3. The summed E-state index contributed by atoms with van der Waals surface area (Å²) in [5, 5.41) is 11.3. The van der Waals surface area contributed by atoms with Crippen LogP contribution < -0.4 is 4.74 Å². The predicted octanol–water partition coefficient (Wildman–Crippen LogP) is 4.30. The van der Waals surface area contributed by atoms with E-state index in [1.165, 1.54) is 17.2 Å². The van der Waals surface area contributed by atoms with Crippen molar-refractivity contribution in [2.24, 2.45) is 5.10 Å². The van der Waals surface area contributed by atoms with Crippen LogP contribution in [-0.2, 0) is 6.61 Å². The van der Waals surface area contributed by atoms with Crippen LogP contribution in [0.1, 0.15) is 11.5 Å². The zero-order valence-corrected chi connectivity index (χ0v) is 13.9. The zero-order chi connectivity index (χ0) is 16.2. The van der Waals surface area contributed by atoms with Gasteiger partial charge < -0.3 is 9.15 Å². The lowest BCUT2D eigenvalue weighted by Crippen LogP contribution is -1.94. The Bertz CT molecular complexity index is 900. The van der Waals surface area contributed by atoms with E-state index >= 15 is 0 Å². The summed E-state index contributed by atoms with van der Waals surface area (Å²) in [6.07, 6.45) is 2.99. The van der Waals surface area contributed by atoms with Crippen molar-refractivity contribution >= 4 is 41.6 Å². The van der Waals surface area contributed by atoms with Crippen LogP contribution in [-0.4, -0.2) is 21.1 Å². The van der Waals surface area contributed by atoms with E-state index in [0.29, 0.717) is 32.1 Å². The van der Waals surface area contributed by atoms with Crippen LogP contribution in [0.3, 0.4) is 0 Å². The summed E-state index contributed by atoms with van der Waals surface area (Å²) >= 11 is 17.0. The molecule has 3 rings (SSSR count). The van der Waals surface area contributed by atoms with Gasteiger partial charge in [0.25, 0.3) is 0 Å². The summed E-state index contributed by atoms with van der Waals surface area (Å²) in [6, 6.07) is 8.75. The Labute approximate surface area is 146 Å². The fourth-order valence-electron chi connectivity index (χ4n) is 1.73. The number of furan rings is 1. The summed E-state index contributed by atoms with van der Waals surface area (Å²) in [7, 11) is 0. The minimum Gasteiger partial charge on any atom is -0.484 e. The molecule has 0 radical (unpaired) electrons. The van der Waals surface area contributed by atoms with Gasteiger partial charge in [0.15, 0.2) is 0 Å². The van der Waals surface area contributed by atoms with Crippen LogP contribution in [0.5, 0.6) is 5.75 Å². The van der Waals surface area contributed by atoms with Crippen LogP contribution in [0.15, 0.2) is 46.2 Å². The van der Waals surface area contributed by atoms with Crippen molar-refractivity contribution < 1.29 is 9.15 Å². The molecule has 0 aliphatic carbocycles. The van der Waals surface area contributed by atoms with Gasteiger partial charge in [-0.3, -0.25) is 5.10 Å². The third-order valence-corrected chi connectivity index (χ3v) is 3.89. The Kier molecular flexibility index (Phi) is 4.80. The summed E-state index contributed by atoms with van der Waals surface area (Å²) in [4.78, 5) is 0. The maximum atomic E-state index is 6.06. The Morgan fingerprint density at radius 3 is 3.00 bits per heavy atom. The van der Waals surface area contributed by atoms with Gasteiger partial charge in [-0.15, -0.1) is 0 Å². The topological polar surface area (TPSA) is 68.3 Å². The van der Waals surface area contributed by atoms with Gasteiger partial charge >= 0.3 is 0 Å².